The molecule has 1 unspecified atom stereocenters. The van der Waals surface area contributed by atoms with Gasteiger partial charge in [-0.15, -0.1) is 0 Å². The Morgan fingerprint density at radius 2 is 2.38 bits per heavy atom. The normalized spacial score (nSPS) is 10.6. The summed E-state index contributed by atoms with van der Waals surface area (Å²) in [5.41, 5.74) is 2.18. The van der Waals surface area contributed by atoms with Gasteiger partial charge in [0.2, 0.25) is 0 Å². The first kappa shape index (κ1) is 5.77. The van der Waals surface area contributed by atoms with Crippen LogP contribution in [0, 0.1) is 0 Å². The van der Waals surface area contributed by atoms with Crippen molar-refractivity contribution in [3.05, 3.63) is 18.6 Å². The van der Waals surface area contributed by atoms with Gasteiger partial charge in [0.15, 0.2) is 0 Å². The number of hydrogen-bond acceptors (Lipinski definition) is 2. The predicted molar refractivity (Wildman–Crippen MR) is 34.7 cm³/mol. The maximum atomic E-state index is 4.09. The van der Waals surface area contributed by atoms with Crippen LogP contribution in [0.3, 0.4) is 0 Å². The first-order valence-electron chi connectivity index (χ1n) is 2.37. The molecule has 1 heterocycles. The molecule has 0 radical (unpaired) electrons. The summed E-state index contributed by atoms with van der Waals surface area (Å²) >= 11 is 0.0225. The van der Waals surface area contributed by atoms with E-state index < -0.39 is 0 Å². The first-order valence-corrected chi connectivity index (χ1v) is 5.52. The summed E-state index contributed by atoms with van der Waals surface area (Å²) in [5.74, 6) is 0. The molecule has 8 heavy (non-hydrogen) atoms. The van der Waals surface area contributed by atoms with Gasteiger partial charge in [-0.3, -0.25) is 0 Å². The minimum absolute atomic E-state index is 0.0225. The van der Waals surface area contributed by atoms with Crippen molar-refractivity contribution in [3.8, 4) is 0 Å². The summed E-state index contributed by atoms with van der Waals surface area (Å²) in [4.78, 5) is 8.01. The standard InChI is InChI=1S/C5H7AsN2/c1-6-5-4-7-2-3-8-5/h2-4,6H,1H3. The van der Waals surface area contributed by atoms with E-state index in [4.69, 9.17) is 0 Å². The third-order valence-corrected chi connectivity index (χ3v) is 2.44. The molecule has 0 aliphatic rings. The monoisotopic (exact) mass is 170 g/mol. The van der Waals surface area contributed by atoms with Crippen molar-refractivity contribution in [2.75, 3.05) is 0 Å². The first-order chi connectivity index (χ1) is 3.93. The average Bonchev–Trinajstić information content (AvgIpc) is 1.90. The van der Waals surface area contributed by atoms with Gasteiger partial charge < -0.3 is 0 Å². The van der Waals surface area contributed by atoms with Crippen molar-refractivity contribution in [2.45, 2.75) is 5.71 Å². The summed E-state index contributed by atoms with van der Waals surface area (Å²) in [6.45, 7) is 0. The fourth-order valence-electron chi connectivity index (χ4n) is 0.428. The van der Waals surface area contributed by atoms with Crippen LogP contribution in [-0.4, -0.2) is 25.7 Å². The second-order valence-corrected chi connectivity index (χ2v) is 3.46. The van der Waals surface area contributed by atoms with E-state index in [1.165, 1.54) is 4.48 Å². The van der Waals surface area contributed by atoms with E-state index in [1.54, 1.807) is 12.4 Å². The molecule has 1 rings (SSSR count). The van der Waals surface area contributed by atoms with Crippen LogP contribution in [0.1, 0.15) is 0 Å². The van der Waals surface area contributed by atoms with Crippen LogP contribution in [-0.2, 0) is 0 Å². The van der Waals surface area contributed by atoms with Gasteiger partial charge >= 0.3 is 54.5 Å². The van der Waals surface area contributed by atoms with E-state index in [0.717, 1.165) is 0 Å². The van der Waals surface area contributed by atoms with Gasteiger partial charge in [-0.2, -0.15) is 0 Å². The maximum absolute atomic E-state index is 4.09. The molecule has 0 aliphatic carbocycles. The van der Waals surface area contributed by atoms with Gasteiger partial charge in [-0.1, -0.05) is 0 Å². The second kappa shape index (κ2) is 2.83. The van der Waals surface area contributed by atoms with Crippen LogP contribution in [0.5, 0.6) is 0 Å². The Labute approximate surface area is 55.0 Å². The molecule has 1 aromatic rings. The average molecular weight is 170 g/mol. The van der Waals surface area contributed by atoms with E-state index in [1.807, 2.05) is 6.20 Å². The van der Waals surface area contributed by atoms with E-state index in [2.05, 4.69) is 15.7 Å². The van der Waals surface area contributed by atoms with Crippen LogP contribution in [0.2, 0.25) is 5.71 Å². The third-order valence-electron chi connectivity index (χ3n) is 0.819. The van der Waals surface area contributed by atoms with Crippen molar-refractivity contribution < 1.29 is 0 Å². The summed E-state index contributed by atoms with van der Waals surface area (Å²) in [6.07, 6.45) is 5.27. The molecule has 0 N–H and O–H groups in total. The Kier molecular flexibility index (Phi) is 2.04. The van der Waals surface area contributed by atoms with Crippen LogP contribution < -0.4 is 4.48 Å². The fraction of sp³-hybridized carbons (Fsp3) is 0.200. The van der Waals surface area contributed by atoms with E-state index in [-0.39, 0.29) is 15.8 Å². The van der Waals surface area contributed by atoms with E-state index in [0.29, 0.717) is 0 Å². The Bertz CT molecular complexity index is 152. The SMILES string of the molecule is C[AsH]c1cnccn1. The van der Waals surface area contributed by atoms with Crippen molar-refractivity contribution >= 4 is 20.2 Å². The van der Waals surface area contributed by atoms with Crippen LogP contribution in [0.25, 0.3) is 0 Å². The fourth-order valence-corrected chi connectivity index (χ4v) is 1.28. The number of hydrogen-bond donors (Lipinski definition) is 0. The molecule has 42 valence electrons. The number of rotatable bonds is 1. The third kappa shape index (κ3) is 1.31. The molecule has 0 aliphatic heterocycles. The molecule has 3 heteroatoms. The molecule has 0 amide bonds. The summed E-state index contributed by atoms with van der Waals surface area (Å²) in [6, 6.07) is 0. The zero-order chi connectivity index (χ0) is 5.82. The summed E-state index contributed by atoms with van der Waals surface area (Å²) in [7, 11) is 0. The molecule has 1 atom stereocenters. The molecule has 0 aromatic carbocycles. The molecule has 0 saturated carbocycles. The Morgan fingerprint density at radius 1 is 1.50 bits per heavy atom. The van der Waals surface area contributed by atoms with Gasteiger partial charge in [0.1, 0.15) is 0 Å². The quantitative estimate of drug-likeness (QED) is 0.535. The van der Waals surface area contributed by atoms with Gasteiger partial charge in [0, 0.05) is 0 Å². The molecular formula is C5H7AsN2. The van der Waals surface area contributed by atoms with Gasteiger partial charge in [-0.05, 0) is 0 Å². The molecular weight excluding hydrogens is 163 g/mol. The molecule has 0 spiro atoms. The van der Waals surface area contributed by atoms with Gasteiger partial charge in [-0.25, -0.2) is 0 Å². The molecule has 0 fully saturated rings. The number of nitrogens with zero attached hydrogens (tertiary/aromatic N) is 2. The van der Waals surface area contributed by atoms with Crippen LogP contribution in [0.4, 0.5) is 0 Å². The van der Waals surface area contributed by atoms with E-state index >= 15 is 0 Å². The molecule has 0 saturated heterocycles. The van der Waals surface area contributed by atoms with E-state index in [9.17, 15) is 0 Å². The molecule has 2 nitrogen and oxygen atoms in total. The zero-order valence-corrected chi connectivity index (χ0v) is 6.72. The number of aromatic nitrogens is 2. The Morgan fingerprint density at radius 3 is 2.75 bits per heavy atom. The second-order valence-electron chi connectivity index (χ2n) is 1.34. The van der Waals surface area contributed by atoms with Gasteiger partial charge in [0.25, 0.3) is 0 Å². The molecule has 1 aromatic heterocycles. The van der Waals surface area contributed by atoms with Crippen molar-refractivity contribution in [2.24, 2.45) is 0 Å². The topological polar surface area (TPSA) is 25.8 Å². The zero-order valence-electron chi connectivity index (χ0n) is 4.63. The molecule has 0 bridgehead atoms. The van der Waals surface area contributed by atoms with Gasteiger partial charge in [0.05, 0.1) is 0 Å². The van der Waals surface area contributed by atoms with Crippen LogP contribution in [0.15, 0.2) is 18.6 Å². The van der Waals surface area contributed by atoms with Crippen molar-refractivity contribution in [1.29, 1.82) is 0 Å². The Balaban J connectivity index is 2.83. The minimum atomic E-state index is 0.0225. The van der Waals surface area contributed by atoms with Crippen molar-refractivity contribution in [3.63, 3.8) is 0 Å². The predicted octanol–water partition coefficient (Wildman–Crippen LogP) is -0.414. The summed E-state index contributed by atoms with van der Waals surface area (Å²) in [5, 5.41) is 0. The van der Waals surface area contributed by atoms with Crippen molar-refractivity contribution in [1.82, 2.24) is 9.97 Å². The summed E-state index contributed by atoms with van der Waals surface area (Å²) < 4.78 is 1.17. The van der Waals surface area contributed by atoms with Crippen LogP contribution >= 0.6 is 0 Å². The Hall–Kier alpha value is -0.362.